The number of carbonyl (C=O) groups excluding carboxylic acids is 2. The fraction of sp³-hybridized carbons (Fsp3) is 0.818. The van der Waals surface area contributed by atoms with Crippen LogP contribution in [0.4, 0.5) is 4.79 Å². The summed E-state index contributed by atoms with van der Waals surface area (Å²) in [5.41, 5.74) is 0. The van der Waals surface area contributed by atoms with Gasteiger partial charge in [-0.2, -0.15) is 12.7 Å². The molecule has 7 nitrogen and oxygen atoms in total. The average Bonchev–Trinajstić information content (AvgIpc) is 2.27. The monoisotopic (exact) mass is 292 g/mol. The van der Waals surface area contributed by atoms with Gasteiger partial charge in [0.25, 0.3) is 0 Å². The smallest absolute Gasteiger partial charge is 0.422 e. The van der Waals surface area contributed by atoms with Gasteiger partial charge in [-0.1, -0.05) is 0 Å². The first-order valence-corrected chi connectivity index (χ1v) is 7.65. The van der Waals surface area contributed by atoms with E-state index in [-0.39, 0.29) is 18.2 Å². The lowest BCUT2D eigenvalue weighted by Crippen LogP contribution is -2.49. The minimum atomic E-state index is -3.94. The second kappa shape index (κ2) is 6.33. The molecule has 0 aromatic rings. The van der Waals surface area contributed by atoms with E-state index in [0.29, 0.717) is 19.4 Å². The van der Waals surface area contributed by atoms with Crippen molar-refractivity contribution < 1.29 is 22.7 Å². The average molecular weight is 292 g/mol. The number of nitrogens with one attached hydrogen (secondary N) is 1. The molecule has 0 bridgehead atoms. The molecule has 110 valence electrons. The van der Waals surface area contributed by atoms with Crippen LogP contribution < -0.4 is 4.72 Å². The predicted octanol–water partition coefficient (Wildman–Crippen LogP) is 0.667. The second-order valence-corrected chi connectivity index (χ2v) is 6.54. The molecule has 0 aliphatic carbocycles. The highest BCUT2D eigenvalue weighted by Gasteiger charge is 2.32. The lowest BCUT2D eigenvalue weighted by Gasteiger charge is -2.30. The molecule has 0 aromatic carbocycles. The molecular formula is C11H20N2O5S. The first-order chi connectivity index (χ1) is 8.72. The van der Waals surface area contributed by atoms with Gasteiger partial charge in [-0.15, -0.1) is 0 Å². The zero-order valence-electron chi connectivity index (χ0n) is 11.4. The molecule has 1 amide bonds. The van der Waals surface area contributed by atoms with Crippen LogP contribution in [0, 0.1) is 5.92 Å². The summed E-state index contributed by atoms with van der Waals surface area (Å²) in [5, 5.41) is 0. The maximum absolute atomic E-state index is 11.9. The number of nitrogens with zero attached hydrogens (tertiary/aromatic N) is 1. The van der Waals surface area contributed by atoms with Gasteiger partial charge in [0.15, 0.2) is 0 Å². The van der Waals surface area contributed by atoms with Crippen LogP contribution in [-0.4, -0.2) is 43.8 Å². The third kappa shape index (κ3) is 4.79. The zero-order valence-corrected chi connectivity index (χ0v) is 12.2. The topological polar surface area (TPSA) is 92.8 Å². The standard InChI is InChI=1S/C11H20N2O5S/c1-8(2)18-11(15)12-19(16,17)13-6-4-5-10(7-13)9(3)14/h8,10H,4-7H2,1-3H3,(H,12,15). The van der Waals surface area contributed by atoms with Crippen molar-refractivity contribution in [2.75, 3.05) is 13.1 Å². The molecule has 1 fully saturated rings. The third-order valence-corrected chi connectivity index (χ3v) is 4.29. The van der Waals surface area contributed by atoms with E-state index in [9.17, 15) is 18.0 Å². The van der Waals surface area contributed by atoms with E-state index < -0.39 is 22.4 Å². The van der Waals surface area contributed by atoms with Crippen molar-refractivity contribution in [2.24, 2.45) is 5.92 Å². The summed E-state index contributed by atoms with van der Waals surface area (Å²) in [6.45, 7) is 5.10. The van der Waals surface area contributed by atoms with Crippen molar-refractivity contribution in [3.63, 3.8) is 0 Å². The number of rotatable bonds is 4. The quantitative estimate of drug-likeness (QED) is 0.822. The van der Waals surface area contributed by atoms with Crippen LogP contribution in [0.1, 0.15) is 33.6 Å². The van der Waals surface area contributed by atoms with Crippen LogP contribution in [-0.2, 0) is 19.7 Å². The molecule has 1 saturated heterocycles. The molecule has 19 heavy (non-hydrogen) atoms. The summed E-state index contributed by atoms with van der Waals surface area (Å²) >= 11 is 0. The number of ether oxygens (including phenoxy) is 1. The van der Waals surface area contributed by atoms with Gasteiger partial charge in [0, 0.05) is 19.0 Å². The Morgan fingerprint density at radius 3 is 2.53 bits per heavy atom. The van der Waals surface area contributed by atoms with E-state index in [4.69, 9.17) is 4.74 Å². The van der Waals surface area contributed by atoms with Gasteiger partial charge in [-0.05, 0) is 33.6 Å². The lowest BCUT2D eigenvalue weighted by atomic mass is 9.96. The van der Waals surface area contributed by atoms with Crippen LogP contribution in [0.15, 0.2) is 0 Å². The maximum Gasteiger partial charge on any atom is 0.422 e. The Morgan fingerprint density at radius 2 is 2.00 bits per heavy atom. The van der Waals surface area contributed by atoms with Crippen LogP contribution in [0.3, 0.4) is 0 Å². The van der Waals surface area contributed by atoms with Crippen molar-refractivity contribution in [1.82, 2.24) is 9.03 Å². The summed E-state index contributed by atoms with van der Waals surface area (Å²) in [6.07, 6.45) is -0.121. The number of hydrogen-bond donors (Lipinski definition) is 1. The Hall–Kier alpha value is -1.15. The van der Waals surface area contributed by atoms with Gasteiger partial charge in [-0.3, -0.25) is 4.79 Å². The predicted molar refractivity (Wildman–Crippen MR) is 68.7 cm³/mol. The number of hydrogen-bond acceptors (Lipinski definition) is 5. The molecule has 1 aliphatic rings. The van der Waals surface area contributed by atoms with Crippen LogP contribution in [0.5, 0.6) is 0 Å². The molecule has 0 aromatic heterocycles. The van der Waals surface area contributed by atoms with Crippen LogP contribution in [0.25, 0.3) is 0 Å². The number of ketones is 1. The van der Waals surface area contributed by atoms with Crippen LogP contribution >= 0.6 is 0 Å². The Balaban J connectivity index is 2.66. The maximum atomic E-state index is 11.9. The van der Waals surface area contributed by atoms with E-state index in [0.717, 1.165) is 4.31 Å². The third-order valence-electron chi connectivity index (χ3n) is 2.85. The van der Waals surface area contributed by atoms with Gasteiger partial charge in [0.05, 0.1) is 6.10 Å². The number of Topliss-reactive ketones (excluding diaryl/α,β-unsaturated/α-hetero) is 1. The molecule has 1 rings (SSSR count). The lowest BCUT2D eigenvalue weighted by molar-refractivity contribution is -0.121. The highest BCUT2D eigenvalue weighted by atomic mass is 32.2. The van der Waals surface area contributed by atoms with Gasteiger partial charge < -0.3 is 4.74 Å². The number of amides is 1. The minimum absolute atomic E-state index is 0.0374. The summed E-state index contributed by atoms with van der Waals surface area (Å²) in [7, 11) is -3.94. The summed E-state index contributed by atoms with van der Waals surface area (Å²) in [5.74, 6) is -0.337. The number of piperidine rings is 1. The Labute approximate surface area is 113 Å². The Morgan fingerprint density at radius 1 is 1.37 bits per heavy atom. The van der Waals surface area contributed by atoms with Gasteiger partial charge >= 0.3 is 16.3 Å². The fourth-order valence-electron chi connectivity index (χ4n) is 1.90. The summed E-state index contributed by atoms with van der Waals surface area (Å²) in [4.78, 5) is 22.6. The van der Waals surface area contributed by atoms with Crippen molar-refractivity contribution in [2.45, 2.75) is 39.7 Å². The van der Waals surface area contributed by atoms with Gasteiger partial charge in [0.2, 0.25) is 0 Å². The molecule has 8 heteroatoms. The van der Waals surface area contributed by atoms with Gasteiger partial charge in [0.1, 0.15) is 5.78 Å². The Bertz CT molecular complexity index is 446. The molecule has 1 N–H and O–H groups in total. The summed E-state index contributed by atoms with van der Waals surface area (Å²) in [6, 6.07) is 0. The van der Waals surface area contributed by atoms with E-state index in [1.807, 2.05) is 4.72 Å². The normalized spacial score (nSPS) is 21.2. The van der Waals surface area contributed by atoms with Crippen molar-refractivity contribution in [1.29, 1.82) is 0 Å². The van der Waals surface area contributed by atoms with E-state index in [1.54, 1.807) is 13.8 Å². The highest BCUT2D eigenvalue weighted by molar-refractivity contribution is 7.87. The molecule has 0 radical (unpaired) electrons. The molecule has 0 saturated carbocycles. The largest absolute Gasteiger partial charge is 0.446 e. The highest BCUT2D eigenvalue weighted by Crippen LogP contribution is 2.19. The minimum Gasteiger partial charge on any atom is -0.446 e. The molecule has 1 heterocycles. The molecule has 1 aliphatic heterocycles. The first kappa shape index (κ1) is 15.9. The fourth-order valence-corrected chi connectivity index (χ4v) is 3.03. The van der Waals surface area contributed by atoms with E-state index in [2.05, 4.69) is 0 Å². The second-order valence-electron chi connectivity index (χ2n) is 4.87. The van der Waals surface area contributed by atoms with Crippen molar-refractivity contribution in [3.8, 4) is 0 Å². The molecular weight excluding hydrogens is 272 g/mol. The van der Waals surface area contributed by atoms with Crippen molar-refractivity contribution in [3.05, 3.63) is 0 Å². The van der Waals surface area contributed by atoms with Crippen molar-refractivity contribution >= 4 is 22.1 Å². The molecule has 1 atom stereocenters. The SMILES string of the molecule is CC(=O)C1CCCN(S(=O)(=O)NC(=O)OC(C)C)C1. The zero-order chi connectivity index (χ0) is 14.6. The molecule has 1 unspecified atom stereocenters. The van der Waals surface area contributed by atoms with Gasteiger partial charge in [-0.25, -0.2) is 9.52 Å². The van der Waals surface area contributed by atoms with E-state index >= 15 is 0 Å². The Kier molecular flexibility index (Phi) is 5.30. The van der Waals surface area contributed by atoms with Crippen LogP contribution in [0.2, 0.25) is 0 Å². The van der Waals surface area contributed by atoms with E-state index in [1.165, 1.54) is 6.92 Å². The number of carbonyl (C=O) groups is 2. The molecule has 0 spiro atoms. The summed E-state index contributed by atoms with van der Waals surface area (Å²) < 4.78 is 31.6. The first-order valence-electron chi connectivity index (χ1n) is 6.21.